The van der Waals surface area contributed by atoms with Crippen molar-refractivity contribution < 1.29 is 9.59 Å². The van der Waals surface area contributed by atoms with Crippen LogP contribution in [0.5, 0.6) is 0 Å². The highest BCUT2D eigenvalue weighted by atomic mass is 79.9. The predicted molar refractivity (Wildman–Crippen MR) is 89.8 cm³/mol. The van der Waals surface area contributed by atoms with E-state index < -0.39 is 11.7 Å². The van der Waals surface area contributed by atoms with Gasteiger partial charge in [-0.05, 0) is 23.8 Å². The highest BCUT2D eigenvalue weighted by molar-refractivity contribution is 9.10. The topological polar surface area (TPSA) is 62.0 Å². The lowest BCUT2D eigenvalue weighted by molar-refractivity contribution is -0.116. The minimum Gasteiger partial charge on any atom is -0.354 e. The van der Waals surface area contributed by atoms with Crippen LogP contribution in [0.1, 0.15) is 10.4 Å². The molecule has 0 aliphatic rings. The van der Waals surface area contributed by atoms with Crippen LogP contribution in [-0.4, -0.2) is 23.7 Å². The van der Waals surface area contributed by atoms with Crippen LogP contribution in [0, 0.1) is 0 Å². The van der Waals surface area contributed by atoms with E-state index in [1.54, 1.807) is 0 Å². The molecule has 0 atom stereocenters. The summed E-state index contributed by atoms with van der Waals surface area (Å²) in [7, 11) is 1.45. The van der Waals surface area contributed by atoms with E-state index in [-0.39, 0.29) is 0 Å². The Bertz CT molecular complexity index is 866. The average Bonchev–Trinajstić information content (AvgIpc) is 2.93. The average molecular weight is 357 g/mol. The van der Waals surface area contributed by atoms with Crippen molar-refractivity contribution in [3.63, 3.8) is 0 Å². The Morgan fingerprint density at radius 3 is 2.41 bits per heavy atom. The zero-order valence-electron chi connectivity index (χ0n) is 11.8. The summed E-state index contributed by atoms with van der Waals surface area (Å²) in [5, 5.41) is 3.14. The van der Waals surface area contributed by atoms with E-state index in [0.717, 1.165) is 20.9 Å². The molecule has 0 spiro atoms. The van der Waals surface area contributed by atoms with Gasteiger partial charge in [0.25, 0.3) is 11.7 Å². The van der Waals surface area contributed by atoms with Crippen molar-refractivity contribution in [1.29, 1.82) is 0 Å². The van der Waals surface area contributed by atoms with E-state index in [1.165, 1.54) is 7.05 Å². The predicted octanol–water partition coefficient (Wildman–Crippen LogP) is 3.53. The van der Waals surface area contributed by atoms with Crippen LogP contribution in [-0.2, 0) is 4.79 Å². The minimum atomic E-state index is -0.622. The number of ketones is 1. The molecule has 4 nitrogen and oxygen atoms in total. The molecule has 0 unspecified atom stereocenters. The molecule has 0 aliphatic heterocycles. The number of nitrogens with one attached hydrogen (secondary N) is 2. The highest BCUT2D eigenvalue weighted by Gasteiger charge is 2.24. The normalized spacial score (nSPS) is 10.6. The largest absolute Gasteiger partial charge is 0.354 e. The van der Waals surface area contributed by atoms with E-state index in [9.17, 15) is 9.59 Å². The number of hydrogen-bond donors (Lipinski definition) is 2. The van der Waals surface area contributed by atoms with Crippen LogP contribution in [0.25, 0.3) is 22.2 Å². The number of H-pyrrole nitrogens is 1. The number of rotatable bonds is 3. The number of benzene rings is 2. The zero-order chi connectivity index (χ0) is 15.7. The fraction of sp³-hybridized carbons (Fsp3) is 0.0588. The van der Waals surface area contributed by atoms with Crippen molar-refractivity contribution in [1.82, 2.24) is 10.3 Å². The van der Waals surface area contributed by atoms with Gasteiger partial charge in [-0.2, -0.15) is 0 Å². The molecule has 1 amide bonds. The molecule has 0 bridgehead atoms. The second-order valence-electron chi connectivity index (χ2n) is 4.84. The number of carbonyl (C=O) groups is 2. The molecule has 22 heavy (non-hydrogen) atoms. The number of amides is 1. The number of aromatic amines is 1. The van der Waals surface area contributed by atoms with Crippen LogP contribution in [0.15, 0.2) is 53.0 Å². The maximum absolute atomic E-state index is 12.5. The summed E-state index contributed by atoms with van der Waals surface area (Å²) in [5.41, 5.74) is 2.74. The van der Waals surface area contributed by atoms with Gasteiger partial charge in [-0.15, -0.1) is 0 Å². The highest BCUT2D eigenvalue weighted by Crippen LogP contribution is 2.31. The van der Waals surface area contributed by atoms with E-state index in [2.05, 4.69) is 26.2 Å². The third kappa shape index (κ3) is 2.44. The van der Waals surface area contributed by atoms with Crippen LogP contribution in [0.2, 0.25) is 0 Å². The van der Waals surface area contributed by atoms with Gasteiger partial charge >= 0.3 is 0 Å². The standard InChI is InChI=1S/C17H13BrN2O2/c1-19-17(22)16(21)14-12-4-2-3-5-13(12)20-15(14)10-6-8-11(18)9-7-10/h2-9,20H,1H3,(H,19,22). The van der Waals surface area contributed by atoms with E-state index in [4.69, 9.17) is 0 Å². The summed E-state index contributed by atoms with van der Waals surface area (Å²) in [6.07, 6.45) is 0. The van der Waals surface area contributed by atoms with Gasteiger partial charge in [0.2, 0.25) is 0 Å². The smallest absolute Gasteiger partial charge is 0.292 e. The molecular formula is C17H13BrN2O2. The number of halogens is 1. The van der Waals surface area contributed by atoms with Crippen molar-refractivity contribution in [3.8, 4) is 11.3 Å². The number of hydrogen-bond acceptors (Lipinski definition) is 2. The molecule has 110 valence electrons. The first-order valence-electron chi connectivity index (χ1n) is 6.75. The van der Waals surface area contributed by atoms with Crippen LogP contribution < -0.4 is 5.32 Å². The van der Waals surface area contributed by atoms with Gasteiger partial charge in [0, 0.05) is 22.4 Å². The zero-order valence-corrected chi connectivity index (χ0v) is 13.4. The molecule has 2 aromatic carbocycles. The first kappa shape index (κ1) is 14.5. The maximum atomic E-state index is 12.5. The summed E-state index contributed by atoms with van der Waals surface area (Å²) < 4.78 is 0.950. The van der Waals surface area contributed by atoms with Gasteiger partial charge in [-0.25, -0.2) is 0 Å². The van der Waals surface area contributed by atoms with Crippen molar-refractivity contribution in [3.05, 3.63) is 58.6 Å². The van der Waals surface area contributed by atoms with Gasteiger partial charge < -0.3 is 10.3 Å². The van der Waals surface area contributed by atoms with Gasteiger partial charge in [0.15, 0.2) is 0 Å². The summed E-state index contributed by atoms with van der Waals surface area (Å²) in [6, 6.07) is 15.1. The van der Waals surface area contributed by atoms with Crippen LogP contribution >= 0.6 is 15.9 Å². The van der Waals surface area contributed by atoms with E-state index >= 15 is 0 Å². The van der Waals surface area contributed by atoms with Crippen LogP contribution in [0.4, 0.5) is 0 Å². The van der Waals surface area contributed by atoms with E-state index in [1.807, 2.05) is 48.5 Å². The Hall–Kier alpha value is -2.40. The van der Waals surface area contributed by atoms with Gasteiger partial charge in [-0.3, -0.25) is 9.59 Å². The quantitative estimate of drug-likeness (QED) is 0.557. The Kier molecular flexibility index (Phi) is 3.81. The number of aromatic nitrogens is 1. The Morgan fingerprint density at radius 2 is 1.73 bits per heavy atom. The molecule has 1 aromatic heterocycles. The Labute approximate surface area is 135 Å². The van der Waals surface area contributed by atoms with Crippen molar-refractivity contribution in [2.24, 2.45) is 0 Å². The molecule has 0 saturated carbocycles. The summed E-state index contributed by atoms with van der Waals surface area (Å²) in [5.74, 6) is -1.17. The van der Waals surface area contributed by atoms with Crippen LogP contribution in [0.3, 0.4) is 0 Å². The van der Waals surface area contributed by atoms with Gasteiger partial charge in [0.05, 0.1) is 11.3 Å². The molecule has 0 fully saturated rings. The number of para-hydroxylation sites is 1. The van der Waals surface area contributed by atoms with Gasteiger partial charge in [-0.1, -0.05) is 46.3 Å². The first-order valence-corrected chi connectivity index (χ1v) is 7.54. The molecule has 3 aromatic rings. The number of fused-ring (bicyclic) bond motifs is 1. The summed E-state index contributed by atoms with van der Waals surface area (Å²) in [4.78, 5) is 27.5. The summed E-state index contributed by atoms with van der Waals surface area (Å²) in [6.45, 7) is 0. The molecule has 0 saturated heterocycles. The first-order chi connectivity index (χ1) is 10.6. The summed E-state index contributed by atoms with van der Waals surface area (Å²) >= 11 is 3.39. The van der Waals surface area contributed by atoms with Crippen molar-refractivity contribution >= 4 is 38.5 Å². The molecular weight excluding hydrogens is 344 g/mol. The Balaban J connectivity index is 2.27. The molecule has 0 aliphatic carbocycles. The number of carbonyl (C=O) groups excluding carboxylic acids is 2. The second kappa shape index (κ2) is 5.77. The second-order valence-corrected chi connectivity index (χ2v) is 5.75. The molecule has 3 rings (SSSR count). The molecule has 2 N–H and O–H groups in total. The lowest BCUT2D eigenvalue weighted by Gasteiger charge is -2.04. The van der Waals surface area contributed by atoms with Crippen molar-refractivity contribution in [2.45, 2.75) is 0 Å². The maximum Gasteiger partial charge on any atom is 0.292 e. The van der Waals surface area contributed by atoms with Crippen molar-refractivity contribution in [2.75, 3.05) is 7.05 Å². The number of likely N-dealkylation sites (N-methyl/N-ethyl adjacent to an activating group) is 1. The lowest BCUT2D eigenvalue weighted by Crippen LogP contribution is -2.27. The molecule has 0 radical (unpaired) electrons. The third-order valence-corrected chi connectivity index (χ3v) is 4.03. The Morgan fingerprint density at radius 1 is 1.05 bits per heavy atom. The molecule has 5 heteroatoms. The fourth-order valence-electron chi connectivity index (χ4n) is 2.44. The monoisotopic (exact) mass is 356 g/mol. The fourth-order valence-corrected chi connectivity index (χ4v) is 2.70. The number of Topliss-reactive ketones (excluding diaryl/α,β-unsaturated/α-hetero) is 1. The minimum absolute atomic E-state index is 0.400. The van der Waals surface area contributed by atoms with Gasteiger partial charge in [0.1, 0.15) is 0 Å². The van der Waals surface area contributed by atoms with E-state index in [0.29, 0.717) is 11.3 Å². The molecule has 1 heterocycles. The lowest BCUT2D eigenvalue weighted by atomic mass is 10.0. The SMILES string of the molecule is CNC(=O)C(=O)c1c(-c2ccc(Br)cc2)[nH]c2ccccc12. The third-order valence-electron chi connectivity index (χ3n) is 3.50.